The molecule has 5 nitrogen and oxygen atoms in total. The van der Waals surface area contributed by atoms with E-state index in [9.17, 15) is 4.55 Å². The lowest BCUT2D eigenvalue weighted by Crippen LogP contribution is -2.39. The van der Waals surface area contributed by atoms with Crippen molar-refractivity contribution in [2.75, 3.05) is 26.1 Å². The largest absolute Gasteiger partial charge is 0.598 e. The molecule has 1 unspecified atom stereocenters. The predicted octanol–water partition coefficient (Wildman–Crippen LogP) is 7.26. The second-order valence-corrected chi connectivity index (χ2v) is 11.6. The molecule has 37 heavy (non-hydrogen) atoms. The van der Waals surface area contributed by atoms with Crippen LogP contribution in [0.25, 0.3) is 0 Å². The van der Waals surface area contributed by atoms with Crippen LogP contribution in [0.1, 0.15) is 83.1 Å². The number of hydrogen-bond donors (Lipinski definition) is 1. The van der Waals surface area contributed by atoms with E-state index in [1.165, 1.54) is 63.4 Å². The quantitative estimate of drug-likeness (QED) is 0.153. The van der Waals surface area contributed by atoms with Crippen LogP contribution in [0.2, 0.25) is 0 Å². The second kappa shape index (κ2) is 17.6. The van der Waals surface area contributed by atoms with Crippen LogP contribution in [0.15, 0.2) is 48.5 Å². The van der Waals surface area contributed by atoms with Crippen LogP contribution < -0.4 is 18.9 Å². The SMILES string of the molecule is CCCCCCOc1ccc(C[C@@H](CCCC2CCCC2)N[S+]([O-])CCOc2ccc(OC)cc2)cc1. The van der Waals surface area contributed by atoms with Gasteiger partial charge in [0.25, 0.3) is 0 Å². The Morgan fingerprint density at radius 1 is 0.865 bits per heavy atom. The van der Waals surface area contributed by atoms with E-state index >= 15 is 0 Å². The first-order valence-corrected chi connectivity index (χ1v) is 15.6. The first-order valence-electron chi connectivity index (χ1n) is 14.3. The van der Waals surface area contributed by atoms with E-state index in [4.69, 9.17) is 14.2 Å². The lowest BCUT2D eigenvalue weighted by Gasteiger charge is -2.21. The van der Waals surface area contributed by atoms with Gasteiger partial charge in [-0.05, 0) is 67.1 Å². The maximum atomic E-state index is 12.9. The van der Waals surface area contributed by atoms with Gasteiger partial charge in [-0.15, -0.1) is 4.72 Å². The Hall–Kier alpha value is -1.89. The molecular formula is C31H47NO4S. The minimum atomic E-state index is -1.14. The summed E-state index contributed by atoms with van der Waals surface area (Å²) in [7, 11) is 1.65. The second-order valence-electron chi connectivity index (χ2n) is 10.2. The van der Waals surface area contributed by atoms with Crippen LogP contribution in [0.5, 0.6) is 17.2 Å². The number of benzene rings is 2. The smallest absolute Gasteiger partial charge is 0.159 e. The zero-order valence-corrected chi connectivity index (χ0v) is 23.7. The normalized spacial score (nSPS) is 15.4. The Balaban J connectivity index is 1.45. The minimum Gasteiger partial charge on any atom is -0.598 e. The van der Waals surface area contributed by atoms with Crippen LogP contribution in [0.4, 0.5) is 0 Å². The van der Waals surface area contributed by atoms with E-state index in [1.54, 1.807) is 7.11 Å². The van der Waals surface area contributed by atoms with Crippen molar-refractivity contribution in [3.63, 3.8) is 0 Å². The Morgan fingerprint density at radius 3 is 2.19 bits per heavy atom. The molecule has 2 atom stereocenters. The lowest BCUT2D eigenvalue weighted by molar-refractivity contribution is 0.305. The Morgan fingerprint density at radius 2 is 1.51 bits per heavy atom. The lowest BCUT2D eigenvalue weighted by atomic mass is 9.96. The summed E-state index contributed by atoms with van der Waals surface area (Å²) in [5.74, 6) is 3.84. The van der Waals surface area contributed by atoms with Crippen LogP contribution in [0.3, 0.4) is 0 Å². The molecule has 6 heteroatoms. The summed E-state index contributed by atoms with van der Waals surface area (Å²) in [6.45, 7) is 3.41. The van der Waals surface area contributed by atoms with Crippen molar-refractivity contribution in [2.24, 2.45) is 5.92 Å². The molecule has 3 rings (SSSR count). The van der Waals surface area contributed by atoms with Gasteiger partial charge in [0.2, 0.25) is 0 Å². The average molecular weight is 530 g/mol. The summed E-state index contributed by atoms with van der Waals surface area (Å²) in [6.07, 6.45) is 14.8. The van der Waals surface area contributed by atoms with E-state index < -0.39 is 11.4 Å². The van der Waals surface area contributed by atoms with E-state index in [1.807, 2.05) is 24.3 Å². The van der Waals surface area contributed by atoms with Gasteiger partial charge >= 0.3 is 0 Å². The van der Waals surface area contributed by atoms with Gasteiger partial charge in [0.1, 0.15) is 23.9 Å². The van der Waals surface area contributed by atoms with Gasteiger partial charge in [-0.25, -0.2) is 0 Å². The maximum Gasteiger partial charge on any atom is 0.159 e. The summed E-state index contributed by atoms with van der Waals surface area (Å²) in [5, 5.41) is 0. The van der Waals surface area contributed by atoms with Gasteiger partial charge in [-0.1, -0.05) is 76.8 Å². The number of ether oxygens (including phenoxy) is 3. The molecular weight excluding hydrogens is 482 g/mol. The Kier molecular flexibility index (Phi) is 14.1. The molecule has 1 aliphatic carbocycles. The zero-order chi connectivity index (χ0) is 26.1. The van der Waals surface area contributed by atoms with Gasteiger partial charge in [-0.2, -0.15) is 0 Å². The third-order valence-corrected chi connectivity index (χ3v) is 8.34. The molecule has 0 bridgehead atoms. The molecule has 2 aromatic rings. The minimum absolute atomic E-state index is 0.184. The standard InChI is InChI=1S/C31H47NO4S/c1-3-4-5-8-22-35-30-16-14-27(15-17-30)25-28(13-9-12-26-10-6-7-11-26)32-37(33)24-23-36-31-20-18-29(34-2)19-21-31/h14-21,26,28,32H,3-13,22-25H2,1-2H3/t28-,37?/m1/s1. The molecule has 0 saturated heterocycles. The van der Waals surface area contributed by atoms with E-state index in [0.717, 1.165) is 49.0 Å². The third kappa shape index (κ3) is 12.0. The summed E-state index contributed by atoms with van der Waals surface area (Å²) >= 11 is -1.14. The molecule has 0 amide bonds. The molecule has 1 N–H and O–H groups in total. The first-order chi connectivity index (χ1) is 18.2. The molecule has 0 aromatic heterocycles. The van der Waals surface area contributed by atoms with Gasteiger partial charge in [-0.3, -0.25) is 0 Å². The predicted molar refractivity (Wildman–Crippen MR) is 154 cm³/mol. The highest BCUT2D eigenvalue weighted by atomic mass is 32.2. The number of hydrogen-bond acceptors (Lipinski definition) is 5. The van der Waals surface area contributed by atoms with E-state index in [0.29, 0.717) is 12.4 Å². The van der Waals surface area contributed by atoms with E-state index in [2.05, 4.69) is 35.9 Å². The van der Waals surface area contributed by atoms with Crippen molar-refractivity contribution in [3.8, 4) is 17.2 Å². The zero-order valence-electron chi connectivity index (χ0n) is 22.9. The first kappa shape index (κ1) is 29.7. The van der Waals surface area contributed by atoms with E-state index in [-0.39, 0.29) is 6.04 Å². The van der Waals surface area contributed by atoms with Crippen LogP contribution in [-0.2, 0) is 17.8 Å². The van der Waals surface area contributed by atoms with Crippen molar-refractivity contribution in [3.05, 3.63) is 54.1 Å². The van der Waals surface area contributed by atoms with Crippen molar-refractivity contribution < 1.29 is 18.8 Å². The fourth-order valence-corrected chi connectivity index (χ4v) is 5.96. The molecule has 0 radical (unpaired) electrons. The molecule has 0 aliphatic heterocycles. The monoisotopic (exact) mass is 529 g/mol. The molecule has 0 heterocycles. The van der Waals surface area contributed by atoms with Crippen molar-refractivity contribution >= 4 is 11.4 Å². The Labute approximate surface area is 228 Å². The van der Waals surface area contributed by atoms with Gasteiger partial charge < -0.3 is 18.8 Å². The summed E-state index contributed by atoms with van der Waals surface area (Å²) in [5.41, 5.74) is 1.25. The summed E-state index contributed by atoms with van der Waals surface area (Å²) in [4.78, 5) is 0. The highest BCUT2D eigenvalue weighted by Gasteiger charge is 2.20. The molecule has 206 valence electrons. The number of rotatable bonds is 19. The van der Waals surface area contributed by atoms with Crippen LogP contribution in [-0.4, -0.2) is 36.7 Å². The molecule has 2 aromatic carbocycles. The average Bonchev–Trinajstić information content (AvgIpc) is 3.43. The highest BCUT2D eigenvalue weighted by molar-refractivity contribution is 7.89. The topological polar surface area (TPSA) is 62.8 Å². The van der Waals surface area contributed by atoms with Gasteiger partial charge in [0.05, 0.1) is 19.8 Å². The van der Waals surface area contributed by atoms with Crippen molar-refractivity contribution in [1.29, 1.82) is 0 Å². The third-order valence-electron chi connectivity index (χ3n) is 7.21. The molecule has 1 saturated carbocycles. The molecule has 1 fully saturated rings. The molecule has 1 aliphatic rings. The highest BCUT2D eigenvalue weighted by Crippen LogP contribution is 2.29. The number of unbranched alkanes of at least 4 members (excludes halogenated alkanes) is 3. The number of methoxy groups -OCH3 is 1. The fourth-order valence-electron chi connectivity index (χ4n) is 5.03. The fraction of sp³-hybridized carbons (Fsp3) is 0.613. The summed E-state index contributed by atoms with van der Waals surface area (Å²) in [6, 6.07) is 16.1. The van der Waals surface area contributed by atoms with Crippen LogP contribution in [0, 0.1) is 5.92 Å². The Bertz CT molecular complexity index is 839. The summed E-state index contributed by atoms with van der Waals surface area (Å²) < 4.78 is 33.2. The van der Waals surface area contributed by atoms with Gasteiger partial charge in [0.15, 0.2) is 5.75 Å². The molecule has 0 spiro atoms. The number of nitrogens with one attached hydrogen (secondary N) is 1. The van der Waals surface area contributed by atoms with Crippen molar-refractivity contribution in [1.82, 2.24) is 4.72 Å². The van der Waals surface area contributed by atoms with Gasteiger partial charge in [0, 0.05) is 11.4 Å². The van der Waals surface area contributed by atoms with Crippen LogP contribution >= 0.6 is 0 Å². The maximum absolute atomic E-state index is 12.9. The van der Waals surface area contributed by atoms with Crippen molar-refractivity contribution in [2.45, 2.75) is 90.0 Å².